The highest BCUT2D eigenvalue weighted by atomic mass is 19.1. The number of pyridine rings is 1. The second kappa shape index (κ2) is 9.37. The summed E-state index contributed by atoms with van der Waals surface area (Å²) in [5.41, 5.74) is 1.88. The van der Waals surface area contributed by atoms with Crippen LogP contribution in [0.25, 0.3) is 32.9 Å². The lowest BCUT2D eigenvalue weighted by atomic mass is 9.95. The van der Waals surface area contributed by atoms with Crippen molar-refractivity contribution >= 4 is 27.5 Å². The maximum atomic E-state index is 16.6. The second-order valence-corrected chi connectivity index (χ2v) is 11.4. The zero-order valence-corrected chi connectivity index (χ0v) is 22.6. The molecule has 0 amide bonds. The van der Waals surface area contributed by atoms with E-state index in [1.807, 2.05) is 36.8 Å². The van der Waals surface area contributed by atoms with Crippen LogP contribution in [0.4, 0.5) is 10.2 Å². The molecule has 0 unspecified atom stereocenters. The Kier molecular flexibility index (Phi) is 5.60. The van der Waals surface area contributed by atoms with E-state index in [9.17, 15) is 5.11 Å². The lowest BCUT2D eigenvalue weighted by Crippen LogP contribution is -2.43. The van der Waals surface area contributed by atoms with Gasteiger partial charge in [-0.25, -0.2) is 9.37 Å². The Hall–Kier alpha value is -4.31. The Balaban J connectivity index is 1.26. The van der Waals surface area contributed by atoms with Crippen molar-refractivity contribution in [3.8, 4) is 23.0 Å². The third-order valence-corrected chi connectivity index (χ3v) is 9.09. The average molecular weight is 552 g/mol. The van der Waals surface area contributed by atoms with Crippen molar-refractivity contribution in [3.63, 3.8) is 0 Å². The molecule has 1 N–H and O–H groups in total. The third-order valence-electron chi connectivity index (χ3n) is 9.09. The van der Waals surface area contributed by atoms with Gasteiger partial charge in [0.25, 0.3) is 0 Å². The summed E-state index contributed by atoms with van der Waals surface area (Å²) < 4.78 is 25.0. The number of fused-ring (bicyclic) bond motifs is 4. The number of aromatic nitrogens is 5. The number of aromatic hydroxyl groups is 1. The fraction of sp³-hybridized carbons (Fsp3) is 0.355. The van der Waals surface area contributed by atoms with Crippen LogP contribution in [0.15, 0.2) is 55.1 Å². The van der Waals surface area contributed by atoms with Crippen LogP contribution in [-0.2, 0) is 13.1 Å². The lowest BCUT2D eigenvalue weighted by molar-refractivity contribution is 0.108. The number of nitrogens with zero attached hydrogens (tertiary/aromatic N) is 7. The van der Waals surface area contributed by atoms with E-state index < -0.39 is 5.82 Å². The number of benzene rings is 2. The smallest absolute Gasteiger partial charge is 0.319 e. The van der Waals surface area contributed by atoms with E-state index in [4.69, 9.17) is 9.72 Å². The molecule has 0 radical (unpaired) electrons. The molecule has 3 aliphatic heterocycles. The zero-order valence-electron chi connectivity index (χ0n) is 22.6. The summed E-state index contributed by atoms with van der Waals surface area (Å²) in [5.74, 6) is 0.0907. The van der Waals surface area contributed by atoms with Gasteiger partial charge in [-0.2, -0.15) is 9.97 Å². The van der Waals surface area contributed by atoms with Crippen LogP contribution in [0.5, 0.6) is 11.8 Å². The minimum atomic E-state index is -0.560. The molecule has 0 aliphatic carbocycles. The zero-order chi connectivity index (χ0) is 27.6. The molecule has 0 spiro atoms. The first-order valence-electron chi connectivity index (χ1n) is 14.3. The van der Waals surface area contributed by atoms with E-state index in [0.29, 0.717) is 36.5 Å². The van der Waals surface area contributed by atoms with E-state index in [0.717, 1.165) is 61.8 Å². The average Bonchev–Trinajstić information content (AvgIpc) is 3.71. The third kappa shape index (κ3) is 4.00. The van der Waals surface area contributed by atoms with Crippen LogP contribution in [0.1, 0.15) is 31.4 Å². The minimum Gasteiger partial charge on any atom is -0.508 e. The van der Waals surface area contributed by atoms with Crippen LogP contribution in [0, 0.1) is 5.82 Å². The summed E-state index contributed by atoms with van der Waals surface area (Å²) in [6.07, 6.45) is 9.84. The molecule has 3 aromatic heterocycles. The number of imidazole rings is 1. The molecule has 0 atom stereocenters. The summed E-state index contributed by atoms with van der Waals surface area (Å²) in [7, 11) is 0. The maximum absolute atomic E-state index is 16.6. The maximum Gasteiger partial charge on any atom is 0.319 e. The molecule has 0 saturated carbocycles. The minimum absolute atomic E-state index is 0.0124. The molecule has 6 heterocycles. The van der Waals surface area contributed by atoms with Gasteiger partial charge in [-0.1, -0.05) is 24.3 Å². The highest BCUT2D eigenvalue weighted by molar-refractivity contribution is 5.99. The fourth-order valence-electron chi connectivity index (χ4n) is 7.03. The number of halogens is 1. The topological polar surface area (TPSA) is 92.4 Å². The van der Waals surface area contributed by atoms with Gasteiger partial charge in [0, 0.05) is 31.0 Å². The molecule has 0 bridgehead atoms. The van der Waals surface area contributed by atoms with Crippen LogP contribution < -0.4 is 9.64 Å². The van der Waals surface area contributed by atoms with Gasteiger partial charge >= 0.3 is 6.01 Å². The molecule has 5 aromatic rings. The van der Waals surface area contributed by atoms with E-state index in [2.05, 4.69) is 29.3 Å². The highest BCUT2D eigenvalue weighted by Gasteiger charge is 2.45. The SMILES string of the molecule is Oc1cc(-c2ncc3c(N4CCn5cncc5C4)nc(OCC45CCCN4CCC5)nc3c2F)c2ccccc2c1. The molecular weight excluding hydrogens is 521 g/mol. The van der Waals surface area contributed by atoms with Gasteiger partial charge in [-0.15, -0.1) is 0 Å². The van der Waals surface area contributed by atoms with Crippen molar-refractivity contribution < 1.29 is 14.2 Å². The van der Waals surface area contributed by atoms with Gasteiger partial charge in [0.1, 0.15) is 29.4 Å². The summed E-state index contributed by atoms with van der Waals surface area (Å²) in [6, 6.07) is 11.0. The van der Waals surface area contributed by atoms with Crippen LogP contribution in [0.3, 0.4) is 0 Å². The Bertz CT molecular complexity index is 1790. The van der Waals surface area contributed by atoms with Gasteiger partial charge in [-0.3, -0.25) is 9.88 Å². The highest BCUT2D eigenvalue weighted by Crippen LogP contribution is 2.40. The molecule has 2 fully saturated rings. The van der Waals surface area contributed by atoms with Crippen molar-refractivity contribution in [1.82, 2.24) is 29.4 Å². The molecule has 208 valence electrons. The lowest BCUT2D eigenvalue weighted by Gasteiger charge is -2.32. The van der Waals surface area contributed by atoms with Gasteiger partial charge in [0.2, 0.25) is 0 Å². The molecule has 10 heteroatoms. The van der Waals surface area contributed by atoms with Crippen molar-refractivity contribution in [2.24, 2.45) is 0 Å². The van der Waals surface area contributed by atoms with Crippen molar-refractivity contribution in [2.45, 2.75) is 44.3 Å². The summed E-state index contributed by atoms with van der Waals surface area (Å²) in [5, 5.41) is 12.6. The summed E-state index contributed by atoms with van der Waals surface area (Å²) >= 11 is 0. The Labute approximate surface area is 236 Å². The summed E-state index contributed by atoms with van der Waals surface area (Å²) in [4.78, 5) is 23.0. The Morgan fingerprint density at radius 3 is 2.71 bits per heavy atom. The van der Waals surface area contributed by atoms with Crippen LogP contribution in [-0.4, -0.2) is 66.3 Å². The van der Waals surface area contributed by atoms with E-state index in [1.165, 1.54) is 0 Å². The van der Waals surface area contributed by atoms with E-state index in [1.54, 1.807) is 18.3 Å². The van der Waals surface area contributed by atoms with Crippen molar-refractivity contribution in [2.75, 3.05) is 31.1 Å². The van der Waals surface area contributed by atoms with Crippen molar-refractivity contribution in [1.29, 1.82) is 0 Å². The Morgan fingerprint density at radius 2 is 1.83 bits per heavy atom. The largest absolute Gasteiger partial charge is 0.508 e. The number of phenolic OH excluding ortho intramolecular Hbond substituents is 1. The molecular formula is C31H30FN7O2. The quantitative estimate of drug-likeness (QED) is 0.329. The van der Waals surface area contributed by atoms with Gasteiger partial charge in [0.15, 0.2) is 5.82 Å². The number of phenols is 1. The first kappa shape index (κ1) is 24.5. The molecule has 41 heavy (non-hydrogen) atoms. The van der Waals surface area contributed by atoms with Gasteiger partial charge in [0.05, 0.1) is 29.5 Å². The number of hydrogen-bond donors (Lipinski definition) is 1. The predicted molar refractivity (Wildman–Crippen MR) is 153 cm³/mol. The standard InChI is InChI=1S/C31H30FN7O2/c32-26-27(24-14-22(40)13-20-5-1-2-6-23(20)24)34-16-25-28(26)35-30(41-18-31-7-3-9-39(31)10-4-8-31)36-29(25)37-11-12-38-19-33-15-21(38)17-37/h1-2,5-6,13-16,19,40H,3-4,7-12,17-18H2. The van der Waals surface area contributed by atoms with E-state index >= 15 is 4.39 Å². The van der Waals surface area contributed by atoms with Gasteiger partial charge in [-0.05, 0) is 61.7 Å². The molecule has 9 nitrogen and oxygen atoms in total. The second-order valence-electron chi connectivity index (χ2n) is 11.4. The Morgan fingerprint density at radius 1 is 0.976 bits per heavy atom. The van der Waals surface area contributed by atoms with Crippen LogP contribution >= 0.6 is 0 Å². The molecule has 3 aliphatic rings. The number of rotatable bonds is 5. The molecule has 2 saturated heterocycles. The normalized spacial score (nSPS) is 18.2. The van der Waals surface area contributed by atoms with E-state index in [-0.39, 0.29) is 28.5 Å². The number of anilines is 1. The monoisotopic (exact) mass is 551 g/mol. The number of ether oxygens (including phenoxy) is 1. The number of hydrogen-bond acceptors (Lipinski definition) is 8. The fourth-order valence-corrected chi connectivity index (χ4v) is 7.03. The van der Waals surface area contributed by atoms with Crippen LogP contribution in [0.2, 0.25) is 0 Å². The van der Waals surface area contributed by atoms with Crippen molar-refractivity contribution in [3.05, 3.63) is 66.6 Å². The molecule has 2 aromatic carbocycles. The predicted octanol–water partition coefficient (Wildman–Crippen LogP) is 4.91. The first-order chi connectivity index (χ1) is 20.1. The summed E-state index contributed by atoms with van der Waals surface area (Å²) in [6.45, 7) is 4.70. The first-order valence-corrected chi connectivity index (χ1v) is 14.3. The molecule has 8 rings (SSSR count). The van der Waals surface area contributed by atoms with Gasteiger partial charge < -0.3 is 19.3 Å².